The van der Waals surface area contributed by atoms with Gasteiger partial charge in [0.25, 0.3) is 0 Å². The number of rotatable bonds is 0. The second kappa shape index (κ2) is 12.2. The molecule has 33 heavy (non-hydrogen) atoms. The third kappa shape index (κ3) is 3.93. The zero-order chi connectivity index (χ0) is 20.4. The lowest BCUT2D eigenvalue weighted by Crippen LogP contribution is -2.25. The molecule has 0 N–H and O–H groups in total. The topological polar surface area (TPSA) is 0 Å². The van der Waals surface area contributed by atoms with Crippen molar-refractivity contribution < 1.29 is 0 Å². The molecule has 1 spiro atoms. The number of fused-ring (bicyclic) bond motifs is 10. The predicted molar refractivity (Wildman–Crippen MR) is 152 cm³/mol. The molecule has 176 valence electrons. The van der Waals surface area contributed by atoms with Crippen LogP contribution in [0.5, 0.6) is 0 Å². The molecule has 0 saturated heterocycles. The van der Waals surface area contributed by atoms with E-state index in [0.717, 1.165) is 0 Å². The summed E-state index contributed by atoms with van der Waals surface area (Å²) in [4.78, 5) is 0. The first kappa shape index (κ1) is 29.9. The maximum Gasteiger partial charge on any atom is 0.0725 e. The minimum absolute atomic E-state index is 0. The first-order valence-electron chi connectivity index (χ1n) is 10.8. The van der Waals surface area contributed by atoms with Crippen molar-refractivity contribution in [2.45, 2.75) is 62.8 Å². The summed E-state index contributed by atoms with van der Waals surface area (Å²) in [5.41, 5.74) is 10.9. The number of benzene rings is 4. The van der Waals surface area contributed by atoms with Gasteiger partial charge in [0.05, 0.1) is 5.41 Å². The molecule has 0 atom stereocenters. The molecule has 0 unspecified atom stereocenters. The minimum Gasteiger partial charge on any atom is -0.0776 e. The molecule has 2 aliphatic carbocycles. The van der Waals surface area contributed by atoms with Crippen LogP contribution in [0.15, 0.2) is 97.1 Å². The van der Waals surface area contributed by atoms with Crippen LogP contribution < -0.4 is 0 Å². The molecule has 6 rings (SSSR count). The van der Waals surface area contributed by atoms with E-state index in [2.05, 4.69) is 97.1 Å². The van der Waals surface area contributed by atoms with Gasteiger partial charge in [0.1, 0.15) is 0 Å². The highest BCUT2D eigenvalue weighted by atomic mass is 14.5. The first-order valence-corrected chi connectivity index (χ1v) is 10.8. The van der Waals surface area contributed by atoms with E-state index in [1.54, 1.807) is 0 Å². The summed E-state index contributed by atoms with van der Waals surface area (Å²) in [5.74, 6) is 0. The van der Waals surface area contributed by atoms with Gasteiger partial charge in [0.15, 0.2) is 0 Å². The molecule has 0 nitrogen and oxygen atoms in total. The SMILES string of the molecule is C.C.C.C.CC.CC.c1ccc2c(c1)-c1ccccc1C21c2ccccc2-c2ccccc21. The number of hydrogen-bond donors (Lipinski definition) is 0. The van der Waals surface area contributed by atoms with Crippen molar-refractivity contribution in [3.05, 3.63) is 119 Å². The van der Waals surface area contributed by atoms with Gasteiger partial charge in [-0.3, -0.25) is 0 Å². The van der Waals surface area contributed by atoms with Crippen LogP contribution in [-0.4, -0.2) is 0 Å². The lowest BCUT2D eigenvalue weighted by Gasteiger charge is -2.30. The molecule has 0 radical (unpaired) electrons. The smallest absolute Gasteiger partial charge is 0.0725 e. The molecule has 4 aromatic carbocycles. The average molecular weight is 441 g/mol. The molecule has 0 heterocycles. The summed E-state index contributed by atoms with van der Waals surface area (Å²) in [6.45, 7) is 8.00. The Morgan fingerprint density at radius 1 is 0.333 bits per heavy atom. The van der Waals surface area contributed by atoms with E-state index in [4.69, 9.17) is 0 Å². The Labute approximate surface area is 204 Å². The zero-order valence-electron chi connectivity index (χ0n) is 17.7. The molecule has 0 fully saturated rings. The van der Waals surface area contributed by atoms with Crippen LogP contribution in [-0.2, 0) is 5.41 Å². The van der Waals surface area contributed by atoms with Gasteiger partial charge in [-0.25, -0.2) is 0 Å². The summed E-state index contributed by atoms with van der Waals surface area (Å²) in [6, 6.07) is 35.7. The Balaban J connectivity index is 0.00000122. The van der Waals surface area contributed by atoms with Crippen molar-refractivity contribution in [1.82, 2.24) is 0 Å². The highest BCUT2D eigenvalue weighted by molar-refractivity contribution is 5.94. The average Bonchev–Trinajstić information content (AvgIpc) is 3.29. The van der Waals surface area contributed by atoms with Gasteiger partial charge in [-0.2, -0.15) is 0 Å². The molecular weight excluding hydrogens is 396 g/mol. The number of hydrogen-bond acceptors (Lipinski definition) is 0. The summed E-state index contributed by atoms with van der Waals surface area (Å²) in [5, 5.41) is 0. The first-order chi connectivity index (χ1) is 14.4. The Bertz CT molecular complexity index is 962. The van der Waals surface area contributed by atoms with Crippen LogP contribution in [0.1, 0.15) is 79.7 Å². The van der Waals surface area contributed by atoms with Crippen molar-refractivity contribution in [2.24, 2.45) is 0 Å². The van der Waals surface area contributed by atoms with E-state index < -0.39 is 0 Å². The van der Waals surface area contributed by atoms with Crippen LogP contribution >= 0.6 is 0 Å². The van der Waals surface area contributed by atoms with Crippen molar-refractivity contribution in [2.75, 3.05) is 0 Å². The molecule has 2 aliphatic rings. The van der Waals surface area contributed by atoms with Gasteiger partial charge in [-0.15, -0.1) is 0 Å². The van der Waals surface area contributed by atoms with Crippen molar-refractivity contribution in [3.8, 4) is 22.3 Å². The van der Waals surface area contributed by atoms with Gasteiger partial charge in [0, 0.05) is 0 Å². The van der Waals surface area contributed by atoms with Crippen LogP contribution in [0.3, 0.4) is 0 Å². The Morgan fingerprint density at radius 3 is 0.727 bits per heavy atom. The lowest BCUT2D eigenvalue weighted by molar-refractivity contribution is 0.794. The van der Waals surface area contributed by atoms with E-state index in [0.29, 0.717) is 0 Å². The van der Waals surface area contributed by atoms with Gasteiger partial charge in [-0.1, -0.05) is 154 Å². The summed E-state index contributed by atoms with van der Waals surface area (Å²) in [7, 11) is 0. The lowest BCUT2D eigenvalue weighted by atomic mass is 9.70. The quantitative estimate of drug-likeness (QED) is 0.220. The zero-order valence-corrected chi connectivity index (χ0v) is 17.7. The van der Waals surface area contributed by atoms with Gasteiger partial charge in [0.2, 0.25) is 0 Å². The van der Waals surface area contributed by atoms with E-state index in [1.165, 1.54) is 44.5 Å². The van der Waals surface area contributed by atoms with E-state index >= 15 is 0 Å². The summed E-state index contributed by atoms with van der Waals surface area (Å²) < 4.78 is 0. The fraction of sp³-hybridized carbons (Fsp3) is 0.273. The van der Waals surface area contributed by atoms with Crippen LogP contribution in [0.2, 0.25) is 0 Å². The van der Waals surface area contributed by atoms with Crippen LogP contribution in [0.25, 0.3) is 22.3 Å². The van der Waals surface area contributed by atoms with E-state index in [1.807, 2.05) is 27.7 Å². The molecule has 0 aliphatic heterocycles. The molecule has 0 aromatic heterocycles. The van der Waals surface area contributed by atoms with Gasteiger partial charge < -0.3 is 0 Å². The highest BCUT2D eigenvalue weighted by Crippen LogP contribution is 2.62. The highest BCUT2D eigenvalue weighted by Gasteiger charge is 2.51. The predicted octanol–water partition coefficient (Wildman–Crippen LogP) is 10.6. The van der Waals surface area contributed by atoms with Gasteiger partial charge >= 0.3 is 0 Å². The standard InChI is InChI=1S/C25H16.2C2H6.4CH4/c1-5-13-21-17(9-1)18-10-2-6-14-22(18)25(21)23-15-7-3-11-19(23)20-12-4-8-16-24(20)25;2*1-2;;;;/h1-16H;2*1-2H3;4*1H4. The minimum atomic E-state index is -0.180. The molecule has 0 saturated carbocycles. The largest absolute Gasteiger partial charge is 0.0776 e. The van der Waals surface area contributed by atoms with Crippen LogP contribution in [0, 0.1) is 0 Å². The fourth-order valence-electron chi connectivity index (χ4n) is 5.05. The van der Waals surface area contributed by atoms with Crippen molar-refractivity contribution in [3.63, 3.8) is 0 Å². The maximum absolute atomic E-state index is 2.31. The Kier molecular flexibility index (Phi) is 11.1. The van der Waals surface area contributed by atoms with E-state index in [-0.39, 0.29) is 35.1 Å². The molecule has 0 heteroatoms. The second-order valence-corrected chi connectivity index (χ2v) is 6.93. The molecule has 4 aromatic rings. The van der Waals surface area contributed by atoms with Crippen molar-refractivity contribution >= 4 is 0 Å². The summed E-state index contributed by atoms with van der Waals surface area (Å²) >= 11 is 0. The van der Waals surface area contributed by atoms with Crippen molar-refractivity contribution in [1.29, 1.82) is 0 Å². The Hall–Kier alpha value is -3.12. The molecular formula is C33H44. The summed E-state index contributed by atoms with van der Waals surface area (Å²) in [6.07, 6.45) is 0. The van der Waals surface area contributed by atoms with E-state index in [9.17, 15) is 0 Å². The molecule has 0 bridgehead atoms. The normalized spacial score (nSPS) is 11.5. The second-order valence-electron chi connectivity index (χ2n) is 6.93. The van der Waals surface area contributed by atoms with Crippen LogP contribution in [0.4, 0.5) is 0 Å². The van der Waals surface area contributed by atoms with Gasteiger partial charge in [-0.05, 0) is 44.5 Å². The monoisotopic (exact) mass is 440 g/mol. The maximum atomic E-state index is 2.31. The third-order valence-corrected chi connectivity index (χ3v) is 5.90. The third-order valence-electron chi connectivity index (χ3n) is 5.90. The molecule has 0 amide bonds. The Morgan fingerprint density at radius 2 is 0.515 bits per heavy atom. The fourth-order valence-corrected chi connectivity index (χ4v) is 5.05.